The molecule has 0 spiro atoms. The molecule has 1 N–H and O–H groups in total. The van der Waals surface area contributed by atoms with Crippen molar-refractivity contribution in [3.05, 3.63) is 11.6 Å². The number of Topliss-reactive ketones (excluding diaryl/α,β-unsaturated/α-hetero) is 1. The van der Waals surface area contributed by atoms with Crippen molar-refractivity contribution < 1.29 is 9.59 Å². The summed E-state index contributed by atoms with van der Waals surface area (Å²) in [5.41, 5.74) is 0.668. The lowest BCUT2D eigenvalue weighted by molar-refractivity contribution is -0.130. The molecule has 2 rings (SSSR count). The van der Waals surface area contributed by atoms with E-state index in [1.165, 1.54) is 0 Å². The Morgan fingerprint density at radius 1 is 1.46 bits per heavy atom. The molecule has 1 saturated heterocycles. The number of hydrogen-bond acceptors (Lipinski definition) is 2. The molecule has 13 heavy (non-hydrogen) atoms. The molecular weight excluding hydrogens is 166 g/mol. The number of hydrogen-bond donors (Lipinski definition) is 1. The van der Waals surface area contributed by atoms with Crippen LogP contribution in [0.5, 0.6) is 0 Å². The van der Waals surface area contributed by atoms with Crippen LogP contribution in [0.15, 0.2) is 11.6 Å². The van der Waals surface area contributed by atoms with Gasteiger partial charge in [0.05, 0.1) is 0 Å². The van der Waals surface area contributed by atoms with Gasteiger partial charge in [-0.05, 0) is 19.8 Å². The largest absolute Gasteiger partial charge is 0.350 e. The SMILES string of the molecule is C/C=C1/C(=O)NC2CCC(=O)C1C2. The number of nitrogens with one attached hydrogen (secondary N) is 1. The Morgan fingerprint density at radius 3 is 2.92 bits per heavy atom. The van der Waals surface area contributed by atoms with E-state index >= 15 is 0 Å². The van der Waals surface area contributed by atoms with Crippen molar-refractivity contribution >= 4 is 11.7 Å². The Bertz CT molecular complexity index is 293. The molecular formula is C10H13NO2. The predicted molar refractivity (Wildman–Crippen MR) is 48.0 cm³/mol. The molecule has 2 bridgehead atoms. The first-order chi connectivity index (χ1) is 6.22. The van der Waals surface area contributed by atoms with Crippen LogP contribution in [0, 0.1) is 5.92 Å². The average Bonchev–Trinajstić information content (AvgIpc) is 2.12. The average molecular weight is 179 g/mol. The van der Waals surface area contributed by atoms with Crippen LogP contribution in [0.4, 0.5) is 0 Å². The number of piperidine rings is 1. The van der Waals surface area contributed by atoms with Crippen LogP contribution in [0.1, 0.15) is 26.2 Å². The van der Waals surface area contributed by atoms with Crippen molar-refractivity contribution in [1.82, 2.24) is 5.32 Å². The Morgan fingerprint density at radius 2 is 2.23 bits per heavy atom. The maximum Gasteiger partial charge on any atom is 0.247 e. The van der Waals surface area contributed by atoms with Crippen molar-refractivity contribution in [1.29, 1.82) is 0 Å². The predicted octanol–water partition coefficient (Wildman–Crippen LogP) is 0.800. The smallest absolute Gasteiger partial charge is 0.247 e. The highest BCUT2D eigenvalue weighted by molar-refractivity contribution is 6.02. The van der Waals surface area contributed by atoms with Crippen molar-refractivity contribution in [2.45, 2.75) is 32.2 Å². The molecule has 3 heteroatoms. The minimum Gasteiger partial charge on any atom is -0.350 e. The first-order valence-electron chi connectivity index (χ1n) is 4.72. The second kappa shape index (κ2) is 2.98. The van der Waals surface area contributed by atoms with Crippen LogP contribution in [0.3, 0.4) is 0 Å². The van der Waals surface area contributed by atoms with Crippen LogP contribution in [-0.2, 0) is 9.59 Å². The highest BCUT2D eigenvalue weighted by Crippen LogP contribution is 2.31. The number of fused-ring (bicyclic) bond motifs is 2. The van der Waals surface area contributed by atoms with E-state index in [-0.39, 0.29) is 23.7 Å². The quantitative estimate of drug-likeness (QED) is 0.559. The lowest BCUT2D eigenvalue weighted by Crippen LogP contribution is -2.49. The first-order valence-corrected chi connectivity index (χ1v) is 4.72. The lowest BCUT2D eigenvalue weighted by Gasteiger charge is -2.35. The molecule has 1 saturated carbocycles. The maximum atomic E-state index is 11.5. The van der Waals surface area contributed by atoms with Gasteiger partial charge >= 0.3 is 0 Å². The zero-order valence-corrected chi connectivity index (χ0v) is 7.67. The summed E-state index contributed by atoms with van der Waals surface area (Å²) in [6, 6.07) is 0.235. The Labute approximate surface area is 77.2 Å². The second-order valence-corrected chi connectivity index (χ2v) is 3.71. The van der Waals surface area contributed by atoms with Crippen molar-refractivity contribution in [2.24, 2.45) is 5.92 Å². The first kappa shape index (κ1) is 8.48. The second-order valence-electron chi connectivity index (χ2n) is 3.71. The van der Waals surface area contributed by atoms with Crippen molar-refractivity contribution in [3.8, 4) is 0 Å². The van der Waals surface area contributed by atoms with Gasteiger partial charge in [0.2, 0.25) is 5.91 Å². The van der Waals surface area contributed by atoms with E-state index in [1.807, 2.05) is 6.92 Å². The van der Waals surface area contributed by atoms with E-state index in [2.05, 4.69) is 5.32 Å². The van der Waals surface area contributed by atoms with Gasteiger partial charge in [0, 0.05) is 24.0 Å². The van der Waals surface area contributed by atoms with Gasteiger partial charge in [0.25, 0.3) is 0 Å². The van der Waals surface area contributed by atoms with E-state index in [1.54, 1.807) is 6.08 Å². The number of allylic oxidation sites excluding steroid dienone is 1. The Kier molecular flexibility index (Phi) is 1.94. The van der Waals surface area contributed by atoms with Gasteiger partial charge in [-0.2, -0.15) is 0 Å². The fourth-order valence-corrected chi connectivity index (χ4v) is 2.22. The molecule has 1 aliphatic carbocycles. The van der Waals surface area contributed by atoms with Gasteiger partial charge in [0.1, 0.15) is 5.78 Å². The normalized spacial score (nSPS) is 36.2. The van der Waals surface area contributed by atoms with Crippen LogP contribution in [0.25, 0.3) is 0 Å². The summed E-state index contributed by atoms with van der Waals surface area (Å²) >= 11 is 0. The molecule has 0 aromatic heterocycles. The molecule has 0 aromatic rings. The standard InChI is InChI=1S/C10H13NO2/c1-2-7-8-5-6(11-10(7)13)3-4-9(8)12/h2,6,8H,3-5H2,1H3,(H,11,13)/b7-2+. The number of carbonyl (C=O) groups excluding carboxylic acids is 2. The van der Waals surface area contributed by atoms with Gasteiger partial charge < -0.3 is 5.32 Å². The Hall–Kier alpha value is -1.12. The van der Waals surface area contributed by atoms with Crippen LogP contribution in [0.2, 0.25) is 0 Å². The molecule has 3 nitrogen and oxygen atoms in total. The van der Waals surface area contributed by atoms with Gasteiger partial charge in [-0.25, -0.2) is 0 Å². The third-order valence-electron chi connectivity index (χ3n) is 2.93. The Balaban J connectivity index is 2.30. The lowest BCUT2D eigenvalue weighted by atomic mass is 9.76. The summed E-state index contributed by atoms with van der Waals surface area (Å²) in [6.45, 7) is 1.82. The molecule has 2 aliphatic rings. The van der Waals surface area contributed by atoms with Gasteiger partial charge in [0.15, 0.2) is 0 Å². The van der Waals surface area contributed by atoms with Crippen LogP contribution in [-0.4, -0.2) is 17.7 Å². The zero-order chi connectivity index (χ0) is 9.42. The van der Waals surface area contributed by atoms with E-state index < -0.39 is 0 Å². The molecule has 0 aromatic carbocycles. The van der Waals surface area contributed by atoms with Gasteiger partial charge in [-0.15, -0.1) is 0 Å². The fourth-order valence-electron chi connectivity index (χ4n) is 2.22. The molecule has 2 atom stereocenters. The molecule has 1 aliphatic heterocycles. The monoisotopic (exact) mass is 179 g/mol. The molecule has 2 unspecified atom stereocenters. The maximum absolute atomic E-state index is 11.5. The molecule has 2 fully saturated rings. The molecule has 1 amide bonds. The summed E-state index contributed by atoms with van der Waals surface area (Å²) in [5.74, 6) is 0.0773. The molecule has 0 radical (unpaired) electrons. The summed E-state index contributed by atoms with van der Waals surface area (Å²) in [5, 5.41) is 2.91. The topological polar surface area (TPSA) is 46.2 Å². The van der Waals surface area contributed by atoms with E-state index in [0.29, 0.717) is 12.0 Å². The van der Waals surface area contributed by atoms with Gasteiger partial charge in [-0.3, -0.25) is 9.59 Å². The van der Waals surface area contributed by atoms with Crippen LogP contribution < -0.4 is 5.32 Å². The number of carbonyl (C=O) groups is 2. The number of rotatable bonds is 0. The zero-order valence-electron chi connectivity index (χ0n) is 7.67. The van der Waals surface area contributed by atoms with E-state index in [9.17, 15) is 9.59 Å². The summed E-state index contributed by atoms with van der Waals surface area (Å²) in [7, 11) is 0. The van der Waals surface area contributed by atoms with E-state index in [0.717, 1.165) is 12.8 Å². The fraction of sp³-hybridized carbons (Fsp3) is 0.600. The highest BCUT2D eigenvalue weighted by atomic mass is 16.2. The minimum absolute atomic E-state index is 0.0446. The van der Waals surface area contributed by atoms with Crippen molar-refractivity contribution in [2.75, 3.05) is 0 Å². The third kappa shape index (κ3) is 1.28. The van der Waals surface area contributed by atoms with Crippen LogP contribution >= 0.6 is 0 Å². The molecule has 1 heterocycles. The summed E-state index contributed by atoms with van der Waals surface area (Å²) < 4.78 is 0. The third-order valence-corrected chi connectivity index (χ3v) is 2.93. The highest BCUT2D eigenvalue weighted by Gasteiger charge is 2.38. The van der Waals surface area contributed by atoms with Gasteiger partial charge in [-0.1, -0.05) is 6.08 Å². The number of amides is 1. The summed E-state index contributed by atoms with van der Waals surface area (Å²) in [4.78, 5) is 23.0. The van der Waals surface area contributed by atoms with E-state index in [4.69, 9.17) is 0 Å². The minimum atomic E-state index is -0.113. The van der Waals surface area contributed by atoms with Crippen molar-refractivity contribution in [3.63, 3.8) is 0 Å². The number of ketones is 1. The molecule has 70 valence electrons. The summed E-state index contributed by atoms with van der Waals surface area (Å²) in [6.07, 6.45) is 4.01.